The number of hydrogen-bond acceptors (Lipinski definition) is 2. The van der Waals surface area contributed by atoms with Crippen LogP contribution >= 0.6 is 15.9 Å². The number of carbonyl (C=O) groups excluding carboxylic acids is 1. The minimum atomic E-state index is -0.922. The number of ether oxygens (including phenoxy) is 1. The van der Waals surface area contributed by atoms with Crippen molar-refractivity contribution in [3.05, 3.63) is 64.1 Å². The second kappa shape index (κ2) is 6.47. The quantitative estimate of drug-likeness (QED) is 0.893. The Balaban J connectivity index is 1.98. The second-order valence-corrected chi connectivity index (χ2v) is 4.85. The molecule has 1 amide bonds. The molecule has 2 aromatic carbocycles. The number of nitrogens with one attached hydrogen (secondary N) is 1. The fourth-order valence-electron chi connectivity index (χ4n) is 1.52. The summed E-state index contributed by atoms with van der Waals surface area (Å²) in [7, 11) is 0. The third-order valence-corrected chi connectivity index (χ3v) is 2.90. The number of amides is 1. The van der Waals surface area contributed by atoms with Crippen molar-refractivity contribution in [2.24, 2.45) is 0 Å². The molecule has 20 heavy (non-hydrogen) atoms. The van der Waals surface area contributed by atoms with Gasteiger partial charge in [-0.2, -0.15) is 0 Å². The fraction of sp³-hybridized carbons (Fsp3) is 0.0714. The van der Waals surface area contributed by atoms with Gasteiger partial charge >= 0.3 is 6.09 Å². The Morgan fingerprint density at radius 2 is 1.75 bits per heavy atom. The van der Waals surface area contributed by atoms with Crippen molar-refractivity contribution in [1.29, 1.82) is 0 Å². The van der Waals surface area contributed by atoms with E-state index in [9.17, 15) is 13.6 Å². The van der Waals surface area contributed by atoms with Gasteiger partial charge in [-0.25, -0.2) is 13.6 Å². The Labute approximate surface area is 122 Å². The number of benzene rings is 2. The lowest BCUT2D eigenvalue weighted by Gasteiger charge is -2.09. The molecule has 6 heteroatoms. The van der Waals surface area contributed by atoms with Crippen LogP contribution in [0.2, 0.25) is 0 Å². The minimum absolute atomic E-state index is 0.0203. The highest BCUT2D eigenvalue weighted by Gasteiger charge is 2.14. The molecule has 0 radical (unpaired) electrons. The predicted molar refractivity (Wildman–Crippen MR) is 74.3 cm³/mol. The predicted octanol–water partition coefficient (Wildman–Crippen LogP) is 4.48. The van der Waals surface area contributed by atoms with Crippen molar-refractivity contribution < 1.29 is 18.3 Å². The normalized spacial score (nSPS) is 10.2. The number of hydrogen-bond donors (Lipinski definition) is 1. The highest BCUT2D eigenvalue weighted by atomic mass is 79.9. The van der Waals surface area contributed by atoms with E-state index in [0.29, 0.717) is 0 Å². The van der Waals surface area contributed by atoms with Crippen LogP contribution in [0.5, 0.6) is 0 Å². The number of halogens is 3. The molecule has 3 nitrogen and oxygen atoms in total. The van der Waals surface area contributed by atoms with E-state index >= 15 is 0 Å². The van der Waals surface area contributed by atoms with Gasteiger partial charge in [0.05, 0.1) is 0 Å². The first kappa shape index (κ1) is 14.5. The molecule has 0 unspecified atom stereocenters. The van der Waals surface area contributed by atoms with E-state index in [1.807, 2.05) is 11.4 Å². The summed E-state index contributed by atoms with van der Waals surface area (Å²) in [4.78, 5) is 11.5. The molecule has 0 aromatic heterocycles. The summed E-state index contributed by atoms with van der Waals surface area (Å²) in [5.41, 5.74) is 0.241. The maximum atomic E-state index is 13.5. The Hall–Kier alpha value is -1.95. The topological polar surface area (TPSA) is 38.3 Å². The zero-order chi connectivity index (χ0) is 14.5. The van der Waals surface area contributed by atoms with Crippen LogP contribution in [0.25, 0.3) is 0 Å². The van der Waals surface area contributed by atoms with Crippen LogP contribution < -0.4 is 5.32 Å². The molecule has 0 aliphatic heterocycles. The molecule has 0 saturated heterocycles. The van der Waals surface area contributed by atoms with Crippen molar-refractivity contribution in [2.75, 3.05) is 5.32 Å². The molecule has 0 bridgehead atoms. The van der Waals surface area contributed by atoms with Gasteiger partial charge in [-0.15, -0.1) is 0 Å². The van der Waals surface area contributed by atoms with E-state index in [4.69, 9.17) is 4.74 Å². The number of anilines is 1. The maximum Gasteiger partial charge on any atom is 0.412 e. The van der Waals surface area contributed by atoms with Gasteiger partial charge in [0.2, 0.25) is 0 Å². The minimum Gasteiger partial charge on any atom is -0.444 e. The Morgan fingerprint density at radius 1 is 1.15 bits per heavy atom. The maximum absolute atomic E-state index is 13.5. The molecule has 0 aliphatic carbocycles. The first-order valence-corrected chi connectivity index (χ1v) is 6.48. The fourth-order valence-corrected chi connectivity index (χ4v) is 1.92. The molecule has 2 aromatic rings. The Kier molecular flexibility index (Phi) is 4.68. The average Bonchev–Trinajstić information content (AvgIpc) is 2.42. The Morgan fingerprint density at radius 3 is 2.35 bits per heavy atom. The monoisotopic (exact) mass is 341 g/mol. The molecule has 2 rings (SSSR count). The van der Waals surface area contributed by atoms with Crippen molar-refractivity contribution in [1.82, 2.24) is 0 Å². The summed E-state index contributed by atoms with van der Waals surface area (Å²) in [6.07, 6.45) is -0.922. The van der Waals surface area contributed by atoms with E-state index in [-0.39, 0.29) is 11.1 Å². The molecule has 0 aliphatic rings. The van der Waals surface area contributed by atoms with Gasteiger partial charge in [0.1, 0.15) is 12.3 Å². The third kappa shape index (κ3) is 3.77. The molecular formula is C14H10BrF2NO2. The standard InChI is InChI=1S/C14H10BrF2NO2/c15-10-6-11(16)13(12(17)7-10)18-14(19)20-8-9-4-2-1-3-5-9/h1-7H,8H2,(H,18,19). The smallest absolute Gasteiger partial charge is 0.412 e. The highest BCUT2D eigenvalue weighted by molar-refractivity contribution is 9.10. The molecular weight excluding hydrogens is 332 g/mol. The third-order valence-electron chi connectivity index (χ3n) is 2.45. The van der Waals surface area contributed by atoms with Gasteiger partial charge in [-0.05, 0) is 17.7 Å². The van der Waals surface area contributed by atoms with Crippen LogP contribution in [0.3, 0.4) is 0 Å². The molecule has 0 fully saturated rings. The largest absolute Gasteiger partial charge is 0.444 e. The summed E-state index contributed by atoms with van der Waals surface area (Å²) in [5, 5.41) is 2.04. The lowest BCUT2D eigenvalue weighted by atomic mass is 10.2. The lowest BCUT2D eigenvalue weighted by molar-refractivity contribution is 0.155. The summed E-state index contributed by atoms with van der Waals surface area (Å²) in [5.74, 6) is -1.76. The van der Waals surface area contributed by atoms with Gasteiger partial charge in [0.25, 0.3) is 0 Å². The van der Waals surface area contributed by atoms with Gasteiger partial charge in [0.15, 0.2) is 11.6 Å². The second-order valence-electron chi connectivity index (χ2n) is 3.93. The molecule has 0 heterocycles. The van der Waals surface area contributed by atoms with E-state index in [2.05, 4.69) is 15.9 Å². The van der Waals surface area contributed by atoms with E-state index < -0.39 is 23.4 Å². The summed E-state index contributed by atoms with van der Waals surface area (Å²) >= 11 is 2.95. The first-order chi connectivity index (χ1) is 9.56. The van der Waals surface area contributed by atoms with Gasteiger partial charge < -0.3 is 4.74 Å². The first-order valence-electron chi connectivity index (χ1n) is 5.68. The Bertz CT molecular complexity index is 597. The van der Waals surface area contributed by atoms with Crippen LogP contribution in [-0.4, -0.2) is 6.09 Å². The van der Waals surface area contributed by atoms with Crippen LogP contribution in [0.4, 0.5) is 19.3 Å². The van der Waals surface area contributed by atoms with Crippen LogP contribution in [0.15, 0.2) is 46.9 Å². The number of carbonyl (C=O) groups is 1. The van der Waals surface area contributed by atoms with Gasteiger partial charge in [-0.3, -0.25) is 5.32 Å². The van der Waals surface area contributed by atoms with E-state index in [1.54, 1.807) is 24.3 Å². The summed E-state index contributed by atoms with van der Waals surface area (Å²) in [6, 6.07) is 11.1. The van der Waals surface area contributed by atoms with Crippen LogP contribution in [-0.2, 0) is 11.3 Å². The van der Waals surface area contributed by atoms with Gasteiger partial charge in [0, 0.05) is 4.47 Å². The lowest BCUT2D eigenvalue weighted by Crippen LogP contribution is -2.15. The highest BCUT2D eigenvalue weighted by Crippen LogP contribution is 2.23. The number of rotatable bonds is 3. The molecule has 104 valence electrons. The molecule has 0 atom stereocenters. The zero-order valence-corrected chi connectivity index (χ0v) is 11.8. The van der Waals surface area contributed by atoms with Gasteiger partial charge in [-0.1, -0.05) is 46.3 Å². The van der Waals surface area contributed by atoms with Crippen molar-refractivity contribution in [3.8, 4) is 0 Å². The van der Waals surface area contributed by atoms with Crippen molar-refractivity contribution in [3.63, 3.8) is 0 Å². The van der Waals surface area contributed by atoms with Crippen molar-refractivity contribution in [2.45, 2.75) is 6.61 Å². The van der Waals surface area contributed by atoms with Crippen LogP contribution in [0.1, 0.15) is 5.56 Å². The van der Waals surface area contributed by atoms with Crippen molar-refractivity contribution >= 4 is 27.7 Å². The molecule has 0 spiro atoms. The average molecular weight is 342 g/mol. The molecule has 0 saturated carbocycles. The molecule has 1 N–H and O–H groups in total. The van der Waals surface area contributed by atoms with E-state index in [0.717, 1.165) is 17.7 Å². The van der Waals surface area contributed by atoms with E-state index in [1.165, 1.54) is 0 Å². The SMILES string of the molecule is O=C(Nc1c(F)cc(Br)cc1F)OCc1ccccc1. The summed E-state index contributed by atoms with van der Waals surface area (Å²) in [6.45, 7) is 0.0203. The summed E-state index contributed by atoms with van der Waals surface area (Å²) < 4.78 is 32.1. The van der Waals surface area contributed by atoms with Crippen LogP contribution in [0, 0.1) is 11.6 Å². The zero-order valence-electron chi connectivity index (χ0n) is 10.2.